The zero-order valence-electron chi connectivity index (χ0n) is 8.98. The van der Waals surface area contributed by atoms with Crippen molar-refractivity contribution in [2.75, 3.05) is 0 Å². The molecule has 0 aliphatic carbocycles. The van der Waals surface area contributed by atoms with Gasteiger partial charge in [0.15, 0.2) is 0 Å². The van der Waals surface area contributed by atoms with Crippen LogP contribution in [0.3, 0.4) is 0 Å². The summed E-state index contributed by atoms with van der Waals surface area (Å²) in [4.78, 5) is 14.9. The number of rotatable bonds is 0. The standard InChI is InChI=1S/C11H10N4O/c1-6-3-4-8-7(5-6)9-10(12-8)11(16)15(2)14-13-9/h3-5,12H,1-2H3. The van der Waals surface area contributed by atoms with E-state index in [2.05, 4.69) is 15.3 Å². The van der Waals surface area contributed by atoms with E-state index in [1.54, 1.807) is 7.05 Å². The van der Waals surface area contributed by atoms with Gasteiger partial charge in [0, 0.05) is 18.0 Å². The third-order valence-corrected chi connectivity index (χ3v) is 2.71. The van der Waals surface area contributed by atoms with Gasteiger partial charge in [0.05, 0.1) is 0 Å². The van der Waals surface area contributed by atoms with Crippen molar-refractivity contribution >= 4 is 21.9 Å². The second kappa shape index (κ2) is 2.91. The Balaban J connectivity index is 2.61. The smallest absolute Gasteiger partial charge is 0.293 e. The van der Waals surface area contributed by atoms with E-state index >= 15 is 0 Å². The van der Waals surface area contributed by atoms with Gasteiger partial charge in [0.2, 0.25) is 0 Å². The highest BCUT2D eigenvalue weighted by Gasteiger charge is 2.10. The average Bonchev–Trinajstić information content (AvgIpc) is 2.62. The number of hydrogen-bond acceptors (Lipinski definition) is 3. The number of H-pyrrole nitrogens is 1. The Morgan fingerprint density at radius 2 is 2.19 bits per heavy atom. The van der Waals surface area contributed by atoms with Crippen molar-refractivity contribution in [3.05, 3.63) is 34.1 Å². The Kier molecular flexibility index (Phi) is 1.65. The highest BCUT2D eigenvalue weighted by molar-refractivity contribution is 6.04. The van der Waals surface area contributed by atoms with E-state index in [4.69, 9.17) is 0 Å². The van der Waals surface area contributed by atoms with Gasteiger partial charge >= 0.3 is 0 Å². The van der Waals surface area contributed by atoms with Gasteiger partial charge in [0.1, 0.15) is 11.0 Å². The molecule has 80 valence electrons. The van der Waals surface area contributed by atoms with Crippen LogP contribution < -0.4 is 5.56 Å². The molecule has 1 N–H and O–H groups in total. The first-order chi connectivity index (χ1) is 7.66. The topological polar surface area (TPSA) is 63.6 Å². The molecule has 2 heterocycles. The van der Waals surface area contributed by atoms with E-state index in [1.165, 1.54) is 4.68 Å². The lowest BCUT2D eigenvalue weighted by Gasteiger charge is -1.93. The Labute approximate surface area is 90.7 Å². The molecule has 0 amide bonds. The molecule has 2 aromatic heterocycles. The fourth-order valence-corrected chi connectivity index (χ4v) is 1.86. The summed E-state index contributed by atoms with van der Waals surface area (Å²) in [6.45, 7) is 2.01. The third-order valence-electron chi connectivity index (χ3n) is 2.71. The largest absolute Gasteiger partial charge is 0.349 e. The second-order valence-electron chi connectivity index (χ2n) is 3.92. The molecule has 0 fully saturated rings. The van der Waals surface area contributed by atoms with Crippen LogP contribution in [0.25, 0.3) is 21.9 Å². The first-order valence-corrected chi connectivity index (χ1v) is 4.99. The van der Waals surface area contributed by atoms with E-state index in [0.29, 0.717) is 11.0 Å². The minimum absolute atomic E-state index is 0.154. The van der Waals surface area contributed by atoms with Crippen molar-refractivity contribution in [3.63, 3.8) is 0 Å². The summed E-state index contributed by atoms with van der Waals surface area (Å²) in [6, 6.07) is 5.95. The highest BCUT2D eigenvalue weighted by atomic mass is 16.1. The third kappa shape index (κ3) is 1.08. The first-order valence-electron chi connectivity index (χ1n) is 4.99. The van der Waals surface area contributed by atoms with Crippen LogP contribution in [0.5, 0.6) is 0 Å². The summed E-state index contributed by atoms with van der Waals surface area (Å²) >= 11 is 0. The summed E-state index contributed by atoms with van der Waals surface area (Å²) in [7, 11) is 1.59. The van der Waals surface area contributed by atoms with Crippen molar-refractivity contribution < 1.29 is 0 Å². The van der Waals surface area contributed by atoms with Gasteiger partial charge in [0.25, 0.3) is 5.56 Å². The summed E-state index contributed by atoms with van der Waals surface area (Å²) in [5.74, 6) is 0. The number of aromatic amines is 1. The molecule has 0 aliphatic rings. The summed E-state index contributed by atoms with van der Waals surface area (Å²) in [5, 5.41) is 8.79. The molecule has 3 aromatic rings. The molecule has 0 radical (unpaired) electrons. The predicted molar refractivity (Wildman–Crippen MR) is 61.4 cm³/mol. The number of nitrogens with zero attached hydrogens (tertiary/aromatic N) is 3. The number of hydrogen-bond donors (Lipinski definition) is 1. The maximum absolute atomic E-state index is 11.8. The van der Waals surface area contributed by atoms with Crippen molar-refractivity contribution in [2.24, 2.45) is 7.05 Å². The number of benzene rings is 1. The summed E-state index contributed by atoms with van der Waals surface area (Å²) < 4.78 is 1.23. The molecule has 0 spiro atoms. The Hall–Kier alpha value is -2.17. The van der Waals surface area contributed by atoms with Gasteiger partial charge in [-0.3, -0.25) is 4.79 Å². The first kappa shape index (κ1) is 9.08. The van der Waals surface area contributed by atoms with Crippen molar-refractivity contribution in [1.82, 2.24) is 20.0 Å². The van der Waals surface area contributed by atoms with Gasteiger partial charge < -0.3 is 4.98 Å². The van der Waals surface area contributed by atoms with Crippen molar-refractivity contribution in [3.8, 4) is 0 Å². The molecule has 0 aliphatic heterocycles. The highest BCUT2D eigenvalue weighted by Crippen LogP contribution is 2.21. The van der Waals surface area contributed by atoms with E-state index in [0.717, 1.165) is 16.5 Å². The number of aryl methyl sites for hydroxylation is 2. The molecule has 16 heavy (non-hydrogen) atoms. The Morgan fingerprint density at radius 3 is 3.00 bits per heavy atom. The molecule has 3 rings (SSSR count). The lowest BCUT2D eigenvalue weighted by atomic mass is 10.2. The fourth-order valence-electron chi connectivity index (χ4n) is 1.86. The van der Waals surface area contributed by atoms with Crippen LogP contribution in [0, 0.1) is 6.92 Å². The van der Waals surface area contributed by atoms with Crippen LogP contribution in [-0.4, -0.2) is 20.0 Å². The lowest BCUT2D eigenvalue weighted by molar-refractivity contribution is 0.656. The van der Waals surface area contributed by atoms with Crippen LogP contribution in [-0.2, 0) is 7.05 Å². The zero-order chi connectivity index (χ0) is 11.3. The van der Waals surface area contributed by atoms with Crippen LogP contribution in [0.15, 0.2) is 23.0 Å². The molecule has 0 bridgehead atoms. The van der Waals surface area contributed by atoms with Crippen LogP contribution in [0.2, 0.25) is 0 Å². The van der Waals surface area contributed by atoms with Gasteiger partial charge in [-0.15, -0.1) is 5.10 Å². The number of nitrogens with one attached hydrogen (secondary N) is 1. The molecular formula is C11H10N4O. The van der Waals surface area contributed by atoms with Crippen LogP contribution >= 0.6 is 0 Å². The van der Waals surface area contributed by atoms with Crippen LogP contribution in [0.1, 0.15) is 5.56 Å². The predicted octanol–water partition coefficient (Wildman–Crippen LogP) is 1.12. The van der Waals surface area contributed by atoms with Crippen molar-refractivity contribution in [2.45, 2.75) is 6.92 Å². The van der Waals surface area contributed by atoms with E-state index in [1.807, 2.05) is 25.1 Å². The van der Waals surface area contributed by atoms with E-state index in [9.17, 15) is 4.79 Å². The van der Waals surface area contributed by atoms with Crippen molar-refractivity contribution in [1.29, 1.82) is 0 Å². The van der Waals surface area contributed by atoms with Gasteiger partial charge in [-0.25, -0.2) is 4.68 Å². The minimum atomic E-state index is -0.154. The second-order valence-corrected chi connectivity index (χ2v) is 3.92. The Bertz CT molecular complexity index is 754. The summed E-state index contributed by atoms with van der Waals surface area (Å²) in [5.41, 5.74) is 3.05. The Morgan fingerprint density at radius 1 is 1.38 bits per heavy atom. The molecular weight excluding hydrogens is 204 g/mol. The molecule has 0 saturated carbocycles. The average molecular weight is 214 g/mol. The fraction of sp³-hybridized carbons (Fsp3) is 0.182. The normalized spacial score (nSPS) is 11.4. The molecule has 0 saturated heterocycles. The monoisotopic (exact) mass is 214 g/mol. The summed E-state index contributed by atoms with van der Waals surface area (Å²) in [6.07, 6.45) is 0. The minimum Gasteiger partial charge on any atom is -0.349 e. The maximum Gasteiger partial charge on any atom is 0.293 e. The lowest BCUT2D eigenvalue weighted by Crippen LogP contribution is -2.20. The quantitative estimate of drug-likeness (QED) is 0.610. The molecule has 5 nitrogen and oxygen atoms in total. The molecule has 5 heteroatoms. The molecule has 1 aromatic carbocycles. The van der Waals surface area contributed by atoms with Gasteiger partial charge in [-0.2, -0.15) is 0 Å². The van der Waals surface area contributed by atoms with E-state index in [-0.39, 0.29) is 5.56 Å². The SMILES string of the molecule is Cc1ccc2[nH]c3c(=O)n(C)nnc3c2c1. The maximum atomic E-state index is 11.8. The van der Waals surface area contributed by atoms with Gasteiger partial charge in [-0.05, 0) is 19.1 Å². The number of aromatic nitrogens is 4. The van der Waals surface area contributed by atoms with Gasteiger partial charge in [-0.1, -0.05) is 16.8 Å². The zero-order valence-corrected chi connectivity index (χ0v) is 8.98. The van der Waals surface area contributed by atoms with Crippen LogP contribution in [0.4, 0.5) is 0 Å². The number of fused-ring (bicyclic) bond motifs is 3. The molecule has 0 atom stereocenters. The molecule has 0 unspecified atom stereocenters. The van der Waals surface area contributed by atoms with E-state index < -0.39 is 0 Å².